The molecule has 0 bridgehead atoms. The zero-order valence-electron chi connectivity index (χ0n) is 12.4. The van der Waals surface area contributed by atoms with E-state index in [1.54, 1.807) is 0 Å². The Balaban J connectivity index is 2.08. The van der Waals surface area contributed by atoms with Crippen molar-refractivity contribution < 1.29 is 14.7 Å². The lowest BCUT2D eigenvalue weighted by Gasteiger charge is -2.42. The molecule has 5 heteroatoms. The van der Waals surface area contributed by atoms with Crippen molar-refractivity contribution in [3.63, 3.8) is 0 Å². The van der Waals surface area contributed by atoms with E-state index in [1.807, 2.05) is 4.90 Å². The fraction of sp³-hybridized carbons (Fsp3) is 0.867. The predicted molar refractivity (Wildman–Crippen MR) is 76.4 cm³/mol. The van der Waals surface area contributed by atoms with Crippen LogP contribution >= 0.6 is 0 Å². The Bertz CT molecular complexity index is 359. The SMILES string of the molecule is CCCC1(C(=O)N2CCCC(C(=O)O)C2)CCCNC1. The quantitative estimate of drug-likeness (QED) is 0.819. The first-order chi connectivity index (χ1) is 9.59. The van der Waals surface area contributed by atoms with Crippen LogP contribution in [0.25, 0.3) is 0 Å². The van der Waals surface area contributed by atoms with Gasteiger partial charge in [-0.05, 0) is 38.6 Å². The summed E-state index contributed by atoms with van der Waals surface area (Å²) in [7, 11) is 0. The monoisotopic (exact) mass is 282 g/mol. The van der Waals surface area contributed by atoms with Gasteiger partial charge in [-0.2, -0.15) is 0 Å². The first-order valence-electron chi connectivity index (χ1n) is 7.82. The molecule has 0 saturated carbocycles. The Morgan fingerprint density at radius 1 is 1.40 bits per heavy atom. The van der Waals surface area contributed by atoms with Crippen molar-refractivity contribution in [3.8, 4) is 0 Å². The third-order valence-electron chi connectivity index (χ3n) is 4.71. The molecule has 2 saturated heterocycles. The molecule has 0 aromatic heterocycles. The fourth-order valence-electron chi connectivity index (χ4n) is 3.65. The summed E-state index contributed by atoms with van der Waals surface area (Å²) in [5, 5.41) is 12.5. The molecule has 2 N–H and O–H groups in total. The molecule has 2 unspecified atom stereocenters. The van der Waals surface area contributed by atoms with E-state index >= 15 is 0 Å². The lowest BCUT2D eigenvalue weighted by molar-refractivity contribution is -0.150. The van der Waals surface area contributed by atoms with Crippen LogP contribution < -0.4 is 5.32 Å². The fourth-order valence-corrected chi connectivity index (χ4v) is 3.65. The molecule has 5 nitrogen and oxygen atoms in total. The van der Waals surface area contributed by atoms with Gasteiger partial charge in [-0.25, -0.2) is 0 Å². The number of amides is 1. The first-order valence-corrected chi connectivity index (χ1v) is 7.82. The van der Waals surface area contributed by atoms with Gasteiger partial charge in [0.1, 0.15) is 0 Å². The van der Waals surface area contributed by atoms with Gasteiger partial charge in [0.25, 0.3) is 0 Å². The van der Waals surface area contributed by atoms with Crippen LogP contribution in [0.15, 0.2) is 0 Å². The number of carboxylic acids is 1. The molecular weight excluding hydrogens is 256 g/mol. The van der Waals surface area contributed by atoms with Crippen molar-refractivity contribution in [1.82, 2.24) is 10.2 Å². The number of hydrogen-bond acceptors (Lipinski definition) is 3. The highest BCUT2D eigenvalue weighted by molar-refractivity contribution is 5.84. The number of hydrogen-bond donors (Lipinski definition) is 2. The van der Waals surface area contributed by atoms with Crippen LogP contribution in [0.5, 0.6) is 0 Å². The number of carbonyl (C=O) groups excluding carboxylic acids is 1. The van der Waals surface area contributed by atoms with Crippen LogP contribution in [-0.2, 0) is 9.59 Å². The van der Waals surface area contributed by atoms with Gasteiger partial charge < -0.3 is 15.3 Å². The van der Waals surface area contributed by atoms with E-state index in [1.165, 1.54) is 0 Å². The second-order valence-corrected chi connectivity index (χ2v) is 6.24. The molecule has 2 atom stereocenters. The Morgan fingerprint density at radius 3 is 2.80 bits per heavy atom. The van der Waals surface area contributed by atoms with Crippen LogP contribution in [0.3, 0.4) is 0 Å². The highest BCUT2D eigenvalue weighted by atomic mass is 16.4. The van der Waals surface area contributed by atoms with E-state index in [4.69, 9.17) is 5.11 Å². The second kappa shape index (κ2) is 6.57. The summed E-state index contributed by atoms with van der Waals surface area (Å²) in [6.45, 7) is 4.94. The van der Waals surface area contributed by atoms with Crippen LogP contribution in [0.1, 0.15) is 45.4 Å². The molecule has 20 heavy (non-hydrogen) atoms. The van der Waals surface area contributed by atoms with Gasteiger partial charge in [0, 0.05) is 19.6 Å². The van der Waals surface area contributed by atoms with Crippen molar-refractivity contribution in [2.75, 3.05) is 26.2 Å². The van der Waals surface area contributed by atoms with Crippen LogP contribution in [-0.4, -0.2) is 48.1 Å². The molecule has 2 heterocycles. The van der Waals surface area contributed by atoms with Gasteiger partial charge in [-0.3, -0.25) is 9.59 Å². The molecule has 2 aliphatic heterocycles. The molecule has 0 aromatic rings. The number of rotatable bonds is 4. The molecule has 0 spiro atoms. The summed E-state index contributed by atoms with van der Waals surface area (Å²) in [5.41, 5.74) is -0.298. The van der Waals surface area contributed by atoms with E-state index in [0.29, 0.717) is 19.5 Å². The molecular formula is C15H26N2O3. The van der Waals surface area contributed by atoms with E-state index in [0.717, 1.165) is 45.2 Å². The average Bonchev–Trinajstić information content (AvgIpc) is 2.48. The third-order valence-corrected chi connectivity index (χ3v) is 4.71. The number of aliphatic carboxylic acids is 1. The van der Waals surface area contributed by atoms with Gasteiger partial charge >= 0.3 is 5.97 Å². The minimum Gasteiger partial charge on any atom is -0.481 e. The molecule has 2 fully saturated rings. The molecule has 0 aliphatic carbocycles. The summed E-state index contributed by atoms with van der Waals surface area (Å²) >= 11 is 0. The van der Waals surface area contributed by atoms with Crippen molar-refractivity contribution >= 4 is 11.9 Å². The van der Waals surface area contributed by atoms with Crippen molar-refractivity contribution in [3.05, 3.63) is 0 Å². The summed E-state index contributed by atoms with van der Waals surface area (Å²) < 4.78 is 0. The number of nitrogens with zero attached hydrogens (tertiary/aromatic N) is 1. The maximum absolute atomic E-state index is 12.9. The maximum Gasteiger partial charge on any atom is 0.308 e. The van der Waals surface area contributed by atoms with Gasteiger partial charge in [0.15, 0.2) is 0 Å². The number of nitrogens with one attached hydrogen (secondary N) is 1. The highest BCUT2D eigenvalue weighted by Gasteiger charge is 2.42. The van der Waals surface area contributed by atoms with Gasteiger partial charge in [-0.1, -0.05) is 13.3 Å². The Labute approximate surface area is 120 Å². The Kier molecular flexibility index (Phi) is 5.02. The Morgan fingerprint density at radius 2 is 2.20 bits per heavy atom. The largest absolute Gasteiger partial charge is 0.481 e. The van der Waals surface area contributed by atoms with Crippen LogP contribution in [0, 0.1) is 11.3 Å². The number of carbonyl (C=O) groups is 2. The molecule has 2 rings (SSSR count). The van der Waals surface area contributed by atoms with E-state index in [2.05, 4.69) is 12.2 Å². The average molecular weight is 282 g/mol. The minimum absolute atomic E-state index is 0.178. The van der Waals surface area contributed by atoms with Crippen LogP contribution in [0.4, 0.5) is 0 Å². The molecule has 1 amide bonds. The number of likely N-dealkylation sites (tertiary alicyclic amines) is 1. The summed E-state index contributed by atoms with van der Waals surface area (Å²) in [5.74, 6) is -0.978. The van der Waals surface area contributed by atoms with Crippen molar-refractivity contribution in [2.45, 2.75) is 45.4 Å². The van der Waals surface area contributed by atoms with E-state index < -0.39 is 5.97 Å². The zero-order chi connectivity index (χ0) is 14.6. The lowest BCUT2D eigenvalue weighted by Crippen LogP contribution is -2.54. The number of piperidine rings is 2. The van der Waals surface area contributed by atoms with E-state index in [-0.39, 0.29) is 17.2 Å². The third kappa shape index (κ3) is 3.14. The zero-order valence-corrected chi connectivity index (χ0v) is 12.4. The van der Waals surface area contributed by atoms with Crippen LogP contribution in [0.2, 0.25) is 0 Å². The molecule has 114 valence electrons. The number of carboxylic acid groups (broad SMARTS) is 1. The summed E-state index contributed by atoms with van der Waals surface area (Å²) in [6, 6.07) is 0. The first kappa shape index (κ1) is 15.3. The highest BCUT2D eigenvalue weighted by Crippen LogP contribution is 2.35. The summed E-state index contributed by atoms with van der Waals surface area (Å²) in [6.07, 6.45) is 5.34. The van der Waals surface area contributed by atoms with E-state index in [9.17, 15) is 9.59 Å². The van der Waals surface area contributed by atoms with Gasteiger partial charge in [0.2, 0.25) is 5.91 Å². The maximum atomic E-state index is 12.9. The lowest BCUT2D eigenvalue weighted by atomic mass is 9.75. The van der Waals surface area contributed by atoms with Gasteiger partial charge in [0.05, 0.1) is 11.3 Å². The molecule has 0 radical (unpaired) electrons. The summed E-state index contributed by atoms with van der Waals surface area (Å²) in [4.78, 5) is 25.9. The topological polar surface area (TPSA) is 69.6 Å². The normalized spacial score (nSPS) is 31.1. The second-order valence-electron chi connectivity index (χ2n) is 6.24. The van der Waals surface area contributed by atoms with Crippen molar-refractivity contribution in [1.29, 1.82) is 0 Å². The van der Waals surface area contributed by atoms with Crippen molar-refractivity contribution in [2.24, 2.45) is 11.3 Å². The Hall–Kier alpha value is -1.10. The smallest absolute Gasteiger partial charge is 0.308 e. The molecule has 0 aromatic carbocycles. The molecule has 2 aliphatic rings. The van der Waals surface area contributed by atoms with Gasteiger partial charge in [-0.15, -0.1) is 0 Å². The standard InChI is InChI=1S/C15H26N2O3/c1-2-6-15(7-4-8-16-11-15)14(20)17-9-3-5-12(10-17)13(18)19/h12,16H,2-11H2,1H3,(H,18,19). The minimum atomic E-state index is -0.770. The predicted octanol–water partition coefficient (Wildman–Crippen LogP) is 1.48.